The van der Waals surface area contributed by atoms with Gasteiger partial charge in [-0.2, -0.15) is 0 Å². The van der Waals surface area contributed by atoms with Crippen molar-refractivity contribution in [3.8, 4) is 0 Å². The molecule has 1 saturated heterocycles. The summed E-state index contributed by atoms with van der Waals surface area (Å²) in [5, 5.41) is 0. The first-order valence-electron chi connectivity index (χ1n) is 6.50. The van der Waals surface area contributed by atoms with Gasteiger partial charge in [-0.15, -0.1) is 0 Å². The van der Waals surface area contributed by atoms with Gasteiger partial charge in [0.25, 0.3) is 5.92 Å². The molecule has 0 saturated carbocycles. The summed E-state index contributed by atoms with van der Waals surface area (Å²) in [6.07, 6.45) is 2.57. The maximum Gasteiger partial charge on any atom is 0.263 e. The number of hydrogen-bond donors (Lipinski definition) is 0. The molecule has 0 spiro atoms. The first-order chi connectivity index (χ1) is 7.38. The molecular weight excluding hydrogens is 208 g/mol. The van der Waals surface area contributed by atoms with Crippen molar-refractivity contribution >= 4 is 0 Å². The predicted octanol–water partition coefficient (Wildman–Crippen LogP) is 3.79. The Hall–Kier alpha value is -0.180. The van der Waals surface area contributed by atoms with Crippen LogP contribution in [0.25, 0.3) is 0 Å². The molecule has 0 amide bonds. The Kier molecular flexibility index (Phi) is 4.72. The minimum atomic E-state index is -2.50. The Labute approximate surface area is 98.2 Å². The van der Waals surface area contributed by atoms with E-state index in [-0.39, 0.29) is 18.5 Å². The normalized spacial score (nSPS) is 28.3. The van der Waals surface area contributed by atoms with E-state index >= 15 is 0 Å². The lowest BCUT2D eigenvalue weighted by Crippen LogP contribution is -2.52. The van der Waals surface area contributed by atoms with Crippen LogP contribution in [0.3, 0.4) is 0 Å². The second kappa shape index (κ2) is 5.44. The molecule has 1 aliphatic heterocycles. The van der Waals surface area contributed by atoms with E-state index in [2.05, 4.69) is 6.92 Å². The molecule has 0 aromatic carbocycles. The van der Waals surface area contributed by atoms with Gasteiger partial charge in [-0.3, -0.25) is 4.90 Å². The Morgan fingerprint density at radius 1 is 1.31 bits per heavy atom. The van der Waals surface area contributed by atoms with E-state index in [0.29, 0.717) is 6.42 Å². The third-order valence-corrected chi connectivity index (χ3v) is 3.84. The van der Waals surface area contributed by atoms with Crippen LogP contribution in [0.5, 0.6) is 0 Å². The standard InChI is InChI=1S/C13H25F2N/c1-5-6-11(4)12-7-8-16(10(2)3)9-13(12,14)15/h10-12H,5-9H2,1-4H3. The van der Waals surface area contributed by atoms with E-state index in [1.54, 1.807) is 0 Å². The Bertz CT molecular complexity index is 216. The van der Waals surface area contributed by atoms with Gasteiger partial charge in [-0.25, -0.2) is 8.78 Å². The largest absolute Gasteiger partial charge is 0.295 e. The van der Waals surface area contributed by atoms with Gasteiger partial charge in [0, 0.05) is 12.0 Å². The summed E-state index contributed by atoms with van der Waals surface area (Å²) in [5.41, 5.74) is 0. The fourth-order valence-electron chi connectivity index (χ4n) is 2.78. The molecule has 2 atom stereocenters. The van der Waals surface area contributed by atoms with E-state index in [1.807, 2.05) is 25.7 Å². The zero-order chi connectivity index (χ0) is 12.3. The van der Waals surface area contributed by atoms with Crippen LogP contribution in [0, 0.1) is 11.8 Å². The number of alkyl halides is 2. The van der Waals surface area contributed by atoms with E-state index in [1.165, 1.54) is 0 Å². The smallest absolute Gasteiger partial charge is 0.263 e. The van der Waals surface area contributed by atoms with Gasteiger partial charge in [0.2, 0.25) is 0 Å². The van der Waals surface area contributed by atoms with Gasteiger partial charge in [0.1, 0.15) is 0 Å². The second-order valence-corrected chi connectivity index (χ2v) is 5.49. The average molecular weight is 233 g/mol. The molecule has 1 nitrogen and oxygen atoms in total. The van der Waals surface area contributed by atoms with Gasteiger partial charge in [-0.05, 0) is 32.7 Å². The van der Waals surface area contributed by atoms with Crippen LogP contribution in [0.4, 0.5) is 8.78 Å². The fraction of sp³-hybridized carbons (Fsp3) is 1.00. The van der Waals surface area contributed by atoms with Gasteiger partial charge in [0.05, 0.1) is 6.54 Å². The topological polar surface area (TPSA) is 3.24 Å². The van der Waals surface area contributed by atoms with E-state index in [0.717, 1.165) is 19.4 Å². The first-order valence-corrected chi connectivity index (χ1v) is 6.50. The van der Waals surface area contributed by atoms with Crippen molar-refractivity contribution in [1.82, 2.24) is 4.90 Å². The summed E-state index contributed by atoms with van der Waals surface area (Å²) in [7, 11) is 0. The average Bonchev–Trinajstić information content (AvgIpc) is 2.16. The van der Waals surface area contributed by atoms with Crippen molar-refractivity contribution in [2.24, 2.45) is 11.8 Å². The van der Waals surface area contributed by atoms with Crippen molar-refractivity contribution in [1.29, 1.82) is 0 Å². The molecule has 1 fully saturated rings. The SMILES string of the molecule is CCCC(C)C1CCN(C(C)C)CC1(F)F. The van der Waals surface area contributed by atoms with Crippen molar-refractivity contribution in [3.63, 3.8) is 0 Å². The Morgan fingerprint density at radius 3 is 2.38 bits per heavy atom. The maximum absolute atomic E-state index is 14.0. The van der Waals surface area contributed by atoms with Crippen molar-refractivity contribution in [2.75, 3.05) is 13.1 Å². The van der Waals surface area contributed by atoms with Crippen LogP contribution < -0.4 is 0 Å². The monoisotopic (exact) mass is 233 g/mol. The number of rotatable bonds is 4. The molecule has 0 N–H and O–H groups in total. The molecule has 1 heterocycles. The van der Waals surface area contributed by atoms with Crippen LogP contribution >= 0.6 is 0 Å². The summed E-state index contributed by atoms with van der Waals surface area (Å²) in [5.74, 6) is -2.77. The number of likely N-dealkylation sites (tertiary alicyclic amines) is 1. The number of piperidine rings is 1. The Balaban J connectivity index is 2.63. The van der Waals surface area contributed by atoms with Crippen molar-refractivity contribution in [3.05, 3.63) is 0 Å². The third-order valence-electron chi connectivity index (χ3n) is 3.84. The maximum atomic E-state index is 14.0. The highest BCUT2D eigenvalue weighted by atomic mass is 19.3. The molecule has 1 rings (SSSR count). The molecule has 16 heavy (non-hydrogen) atoms. The quantitative estimate of drug-likeness (QED) is 0.714. The fourth-order valence-corrected chi connectivity index (χ4v) is 2.78. The van der Waals surface area contributed by atoms with Gasteiger partial charge >= 0.3 is 0 Å². The molecule has 3 heteroatoms. The highest BCUT2D eigenvalue weighted by molar-refractivity contribution is 4.90. The molecule has 0 radical (unpaired) electrons. The van der Waals surface area contributed by atoms with E-state index in [4.69, 9.17) is 0 Å². The highest BCUT2D eigenvalue weighted by Crippen LogP contribution is 2.39. The predicted molar refractivity (Wildman–Crippen MR) is 63.8 cm³/mol. The van der Waals surface area contributed by atoms with Gasteiger partial charge in [0.15, 0.2) is 0 Å². The van der Waals surface area contributed by atoms with Crippen LogP contribution in [0.1, 0.15) is 47.0 Å². The Morgan fingerprint density at radius 2 is 1.94 bits per heavy atom. The third kappa shape index (κ3) is 3.16. The highest BCUT2D eigenvalue weighted by Gasteiger charge is 2.46. The minimum Gasteiger partial charge on any atom is -0.295 e. The summed E-state index contributed by atoms with van der Waals surface area (Å²) >= 11 is 0. The van der Waals surface area contributed by atoms with Crippen molar-refractivity contribution < 1.29 is 8.78 Å². The van der Waals surface area contributed by atoms with E-state index in [9.17, 15) is 8.78 Å². The molecule has 0 aliphatic carbocycles. The van der Waals surface area contributed by atoms with Crippen molar-refractivity contribution in [2.45, 2.75) is 58.9 Å². The molecule has 1 aliphatic rings. The lowest BCUT2D eigenvalue weighted by atomic mass is 9.80. The van der Waals surface area contributed by atoms with Gasteiger partial charge < -0.3 is 0 Å². The second-order valence-electron chi connectivity index (χ2n) is 5.49. The lowest BCUT2D eigenvalue weighted by Gasteiger charge is -2.42. The molecule has 0 bridgehead atoms. The van der Waals surface area contributed by atoms with Crippen LogP contribution in [-0.2, 0) is 0 Å². The zero-order valence-electron chi connectivity index (χ0n) is 11.0. The van der Waals surface area contributed by atoms with Crippen LogP contribution in [-0.4, -0.2) is 30.0 Å². The molecule has 96 valence electrons. The first kappa shape index (κ1) is 13.9. The minimum absolute atomic E-state index is 0.0522. The van der Waals surface area contributed by atoms with E-state index < -0.39 is 11.8 Å². The zero-order valence-corrected chi connectivity index (χ0v) is 11.0. The number of hydrogen-bond acceptors (Lipinski definition) is 1. The summed E-state index contributed by atoms with van der Waals surface area (Å²) in [4.78, 5) is 1.90. The molecule has 0 aromatic rings. The van der Waals surface area contributed by atoms with Crippen LogP contribution in [0.2, 0.25) is 0 Å². The molecule has 2 unspecified atom stereocenters. The summed E-state index contributed by atoms with van der Waals surface area (Å²) < 4.78 is 28.0. The summed E-state index contributed by atoms with van der Waals surface area (Å²) in [6, 6.07) is 0.230. The number of nitrogens with zero attached hydrogens (tertiary/aromatic N) is 1. The lowest BCUT2D eigenvalue weighted by molar-refractivity contribution is -0.133. The van der Waals surface area contributed by atoms with Crippen LogP contribution in [0.15, 0.2) is 0 Å². The number of halogens is 2. The molecular formula is C13H25F2N. The molecule has 0 aromatic heterocycles. The van der Waals surface area contributed by atoms with Gasteiger partial charge in [-0.1, -0.05) is 26.7 Å². The summed E-state index contributed by atoms with van der Waals surface area (Å²) in [6.45, 7) is 8.80.